The van der Waals surface area contributed by atoms with E-state index in [1.54, 1.807) is 22.2 Å². The zero-order valence-electron chi connectivity index (χ0n) is 9.47. The molecule has 16 heavy (non-hydrogen) atoms. The fraction of sp³-hybridized carbons (Fsp3) is 0.700. The minimum Gasteiger partial charge on any atom is -0.307 e. The van der Waals surface area contributed by atoms with Crippen molar-refractivity contribution >= 4 is 16.3 Å². The first kappa shape index (κ1) is 10.2. The molecule has 1 unspecified atom stereocenters. The summed E-state index contributed by atoms with van der Waals surface area (Å²) in [5, 5.41) is 17.1. The molecule has 86 valence electrons. The summed E-state index contributed by atoms with van der Waals surface area (Å²) < 4.78 is 1.76. The summed E-state index contributed by atoms with van der Waals surface area (Å²) in [5.41, 5.74) is 0.265. The Bertz CT molecular complexity index is 472. The number of nitrogens with one attached hydrogen (secondary N) is 1. The number of fused-ring (bicyclic) bond motifs is 1. The maximum absolute atomic E-state index is 4.54. The highest BCUT2D eigenvalue weighted by atomic mass is 32.1. The normalized spacial score (nSPS) is 25.0. The van der Waals surface area contributed by atoms with Gasteiger partial charge in [-0.05, 0) is 24.8 Å². The van der Waals surface area contributed by atoms with Gasteiger partial charge in [-0.15, -0.1) is 10.2 Å². The zero-order valence-corrected chi connectivity index (χ0v) is 10.3. The first-order valence-corrected chi connectivity index (χ1v) is 6.39. The monoisotopic (exact) mass is 237 g/mol. The van der Waals surface area contributed by atoms with Gasteiger partial charge in [-0.25, -0.2) is 0 Å². The van der Waals surface area contributed by atoms with Gasteiger partial charge >= 0.3 is 0 Å². The van der Waals surface area contributed by atoms with Crippen LogP contribution in [0.5, 0.6) is 0 Å². The molecule has 0 radical (unpaired) electrons. The predicted molar refractivity (Wildman–Crippen MR) is 62.4 cm³/mol. The Kier molecular flexibility index (Phi) is 2.22. The fourth-order valence-corrected chi connectivity index (χ4v) is 3.43. The SMILES string of the molecule is CC1(C)CCCNC1c1nn2cnnc2s1. The topological polar surface area (TPSA) is 55.1 Å². The van der Waals surface area contributed by atoms with Crippen LogP contribution in [0.15, 0.2) is 6.33 Å². The number of piperidine rings is 1. The lowest BCUT2D eigenvalue weighted by Crippen LogP contribution is -2.39. The third-order valence-electron chi connectivity index (χ3n) is 3.28. The maximum atomic E-state index is 4.54. The molecule has 1 aliphatic heterocycles. The van der Waals surface area contributed by atoms with Crippen LogP contribution in [0.3, 0.4) is 0 Å². The molecule has 2 aromatic rings. The Labute approximate surface area is 97.9 Å². The number of hydrogen-bond donors (Lipinski definition) is 1. The quantitative estimate of drug-likeness (QED) is 0.819. The first-order chi connectivity index (χ1) is 7.67. The second kappa shape index (κ2) is 3.49. The molecule has 0 spiro atoms. The van der Waals surface area contributed by atoms with Crippen molar-refractivity contribution in [2.45, 2.75) is 32.7 Å². The Balaban J connectivity index is 1.99. The molecule has 1 atom stereocenters. The molecule has 0 aliphatic carbocycles. The van der Waals surface area contributed by atoms with E-state index in [1.165, 1.54) is 12.8 Å². The van der Waals surface area contributed by atoms with E-state index >= 15 is 0 Å². The van der Waals surface area contributed by atoms with E-state index in [9.17, 15) is 0 Å². The molecule has 1 fully saturated rings. The summed E-state index contributed by atoms with van der Waals surface area (Å²) in [6.45, 7) is 5.67. The van der Waals surface area contributed by atoms with Crippen LogP contribution in [0, 0.1) is 5.41 Å². The van der Waals surface area contributed by atoms with E-state index in [1.807, 2.05) is 0 Å². The minimum absolute atomic E-state index is 0.265. The Hall–Kier alpha value is -1.01. The molecule has 3 rings (SSSR count). The van der Waals surface area contributed by atoms with Gasteiger partial charge in [-0.1, -0.05) is 25.2 Å². The Morgan fingerprint density at radius 3 is 3.19 bits per heavy atom. The molecule has 6 heteroatoms. The van der Waals surface area contributed by atoms with Gasteiger partial charge in [-0.2, -0.15) is 9.61 Å². The van der Waals surface area contributed by atoms with Crippen molar-refractivity contribution in [2.24, 2.45) is 5.41 Å². The predicted octanol–water partition coefficient (Wildman–Crippen LogP) is 1.64. The van der Waals surface area contributed by atoms with E-state index in [2.05, 4.69) is 34.5 Å². The third-order valence-corrected chi connectivity index (χ3v) is 4.25. The molecule has 0 bridgehead atoms. The highest BCUT2D eigenvalue weighted by Gasteiger charge is 2.35. The van der Waals surface area contributed by atoms with Crippen molar-refractivity contribution in [3.05, 3.63) is 11.3 Å². The lowest BCUT2D eigenvalue weighted by molar-refractivity contribution is 0.180. The number of nitrogens with zero attached hydrogens (tertiary/aromatic N) is 4. The lowest BCUT2D eigenvalue weighted by atomic mass is 9.78. The summed E-state index contributed by atoms with van der Waals surface area (Å²) in [5.74, 6) is 0. The van der Waals surface area contributed by atoms with Crippen LogP contribution in [-0.4, -0.2) is 26.4 Å². The van der Waals surface area contributed by atoms with Crippen LogP contribution in [0.1, 0.15) is 37.7 Å². The summed E-state index contributed by atoms with van der Waals surface area (Å²) in [7, 11) is 0. The van der Waals surface area contributed by atoms with Crippen molar-refractivity contribution in [3.63, 3.8) is 0 Å². The van der Waals surface area contributed by atoms with Gasteiger partial charge in [-0.3, -0.25) is 0 Å². The zero-order chi connectivity index (χ0) is 11.2. The molecule has 1 aliphatic rings. The van der Waals surface area contributed by atoms with Crippen molar-refractivity contribution in [2.75, 3.05) is 6.54 Å². The van der Waals surface area contributed by atoms with E-state index in [0.29, 0.717) is 6.04 Å². The molecule has 0 aromatic carbocycles. The van der Waals surface area contributed by atoms with Gasteiger partial charge < -0.3 is 5.32 Å². The molecule has 0 saturated carbocycles. The third kappa shape index (κ3) is 1.53. The highest BCUT2D eigenvalue weighted by molar-refractivity contribution is 7.16. The molecule has 2 aromatic heterocycles. The second-order valence-electron chi connectivity index (χ2n) is 4.98. The average Bonchev–Trinajstić information content (AvgIpc) is 2.76. The van der Waals surface area contributed by atoms with Crippen molar-refractivity contribution in [1.82, 2.24) is 25.1 Å². The van der Waals surface area contributed by atoms with Crippen LogP contribution >= 0.6 is 11.3 Å². The van der Waals surface area contributed by atoms with Gasteiger partial charge in [0.2, 0.25) is 4.96 Å². The van der Waals surface area contributed by atoms with E-state index in [4.69, 9.17) is 0 Å². The van der Waals surface area contributed by atoms with Crippen LogP contribution < -0.4 is 5.32 Å². The number of hydrogen-bond acceptors (Lipinski definition) is 5. The van der Waals surface area contributed by atoms with Gasteiger partial charge in [0.05, 0.1) is 6.04 Å². The molecule has 3 heterocycles. The van der Waals surface area contributed by atoms with E-state index in [-0.39, 0.29) is 5.41 Å². The van der Waals surface area contributed by atoms with Crippen molar-refractivity contribution < 1.29 is 0 Å². The van der Waals surface area contributed by atoms with Gasteiger partial charge in [0, 0.05) is 0 Å². The van der Waals surface area contributed by atoms with E-state index < -0.39 is 0 Å². The van der Waals surface area contributed by atoms with Crippen LogP contribution in [-0.2, 0) is 0 Å². The Morgan fingerprint density at radius 2 is 2.44 bits per heavy atom. The van der Waals surface area contributed by atoms with Crippen LogP contribution in [0.4, 0.5) is 0 Å². The van der Waals surface area contributed by atoms with Gasteiger partial charge in [0.15, 0.2) is 0 Å². The van der Waals surface area contributed by atoms with Crippen LogP contribution in [0.2, 0.25) is 0 Å². The lowest BCUT2D eigenvalue weighted by Gasteiger charge is -2.37. The minimum atomic E-state index is 0.265. The van der Waals surface area contributed by atoms with Gasteiger partial charge in [0.1, 0.15) is 11.3 Å². The van der Waals surface area contributed by atoms with Crippen molar-refractivity contribution in [3.8, 4) is 0 Å². The van der Waals surface area contributed by atoms with E-state index in [0.717, 1.165) is 16.5 Å². The number of rotatable bonds is 1. The summed E-state index contributed by atoms with van der Waals surface area (Å²) in [6, 6.07) is 0.341. The molecule has 0 amide bonds. The molecule has 5 nitrogen and oxygen atoms in total. The molecular formula is C10H15N5S. The summed E-state index contributed by atoms with van der Waals surface area (Å²) >= 11 is 1.63. The smallest absolute Gasteiger partial charge is 0.234 e. The first-order valence-electron chi connectivity index (χ1n) is 5.57. The maximum Gasteiger partial charge on any atom is 0.234 e. The second-order valence-corrected chi connectivity index (χ2v) is 5.97. The van der Waals surface area contributed by atoms with Crippen LogP contribution in [0.25, 0.3) is 4.96 Å². The molecule has 1 saturated heterocycles. The summed E-state index contributed by atoms with van der Waals surface area (Å²) in [4.78, 5) is 0.873. The van der Waals surface area contributed by atoms with Gasteiger partial charge in [0.25, 0.3) is 0 Å². The average molecular weight is 237 g/mol. The fourth-order valence-electron chi connectivity index (χ4n) is 2.32. The highest BCUT2D eigenvalue weighted by Crippen LogP contribution is 2.40. The molecular weight excluding hydrogens is 222 g/mol. The largest absolute Gasteiger partial charge is 0.307 e. The number of aromatic nitrogens is 4. The summed E-state index contributed by atoms with van der Waals surface area (Å²) in [6.07, 6.45) is 4.14. The van der Waals surface area contributed by atoms with Crippen molar-refractivity contribution in [1.29, 1.82) is 0 Å². The molecule has 1 N–H and O–H groups in total. The Morgan fingerprint density at radius 1 is 1.56 bits per heavy atom. The standard InChI is InChI=1S/C10H15N5S/c1-10(2)4-3-5-11-7(10)8-14-15-6-12-13-9(15)16-8/h6-7,11H,3-5H2,1-2H3.